The Bertz CT molecular complexity index is 1090. The molecule has 0 fully saturated rings. The maximum atomic E-state index is 11.6. The van der Waals surface area contributed by atoms with Crippen LogP contribution in [-0.4, -0.2) is 37.5 Å². The molecule has 0 saturated heterocycles. The van der Waals surface area contributed by atoms with E-state index in [1.54, 1.807) is 21.3 Å². The van der Waals surface area contributed by atoms with Crippen LogP contribution in [0.25, 0.3) is 0 Å². The van der Waals surface area contributed by atoms with Crippen LogP contribution < -0.4 is 14.2 Å². The molecule has 0 spiro atoms. The molecule has 0 heterocycles. The van der Waals surface area contributed by atoms with Gasteiger partial charge in [0.15, 0.2) is 11.5 Å². The van der Waals surface area contributed by atoms with Crippen molar-refractivity contribution in [3.05, 3.63) is 89.0 Å². The molecule has 2 N–H and O–H groups in total. The number of rotatable bonds is 15. The Balaban J connectivity index is 1.79. The number of aryl methyl sites for hydroxylation is 2. The van der Waals surface area contributed by atoms with Gasteiger partial charge in [-0.05, 0) is 78.8 Å². The minimum Gasteiger partial charge on any atom is -0.493 e. The molecule has 6 heteroatoms. The van der Waals surface area contributed by atoms with Gasteiger partial charge in [-0.15, -0.1) is 0 Å². The largest absolute Gasteiger partial charge is 0.493 e. The average Bonchev–Trinajstić information content (AvgIpc) is 2.92. The Morgan fingerprint density at radius 3 is 1.92 bits per heavy atom. The lowest BCUT2D eigenvalue weighted by molar-refractivity contribution is -0.137. The van der Waals surface area contributed by atoms with E-state index in [1.165, 1.54) is 5.56 Å². The van der Waals surface area contributed by atoms with Crippen molar-refractivity contribution < 1.29 is 29.2 Å². The highest BCUT2D eigenvalue weighted by molar-refractivity contribution is 5.66. The van der Waals surface area contributed by atoms with E-state index < -0.39 is 12.1 Å². The quantitative estimate of drug-likeness (QED) is 0.262. The van der Waals surface area contributed by atoms with Gasteiger partial charge in [-0.25, -0.2) is 0 Å². The number of hydrogen-bond acceptors (Lipinski definition) is 5. The van der Waals surface area contributed by atoms with Gasteiger partial charge in [0.2, 0.25) is 5.75 Å². The monoisotopic (exact) mass is 506 g/mol. The number of aliphatic hydroxyl groups excluding tert-OH is 1. The lowest BCUT2D eigenvalue weighted by atomic mass is 9.85. The van der Waals surface area contributed by atoms with E-state index >= 15 is 0 Å². The van der Waals surface area contributed by atoms with Crippen molar-refractivity contribution >= 4 is 5.97 Å². The summed E-state index contributed by atoms with van der Waals surface area (Å²) >= 11 is 0. The summed E-state index contributed by atoms with van der Waals surface area (Å²) in [4.78, 5) is 10.8. The maximum Gasteiger partial charge on any atom is 0.303 e. The second kappa shape index (κ2) is 14.3. The van der Waals surface area contributed by atoms with Gasteiger partial charge in [0.25, 0.3) is 0 Å². The van der Waals surface area contributed by atoms with Crippen molar-refractivity contribution in [2.75, 3.05) is 21.3 Å². The van der Waals surface area contributed by atoms with Crippen molar-refractivity contribution in [2.45, 2.75) is 51.0 Å². The summed E-state index contributed by atoms with van der Waals surface area (Å²) in [6, 6.07) is 22.3. The molecule has 0 amide bonds. The molecule has 3 rings (SSSR count). The summed E-state index contributed by atoms with van der Waals surface area (Å²) < 4.78 is 16.5. The molecule has 198 valence electrons. The van der Waals surface area contributed by atoms with Crippen LogP contribution in [0.15, 0.2) is 66.7 Å². The predicted molar refractivity (Wildman–Crippen MR) is 145 cm³/mol. The molecule has 6 nitrogen and oxygen atoms in total. The Labute approximate surface area is 219 Å². The van der Waals surface area contributed by atoms with Crippen LogP contribution in [0, 0.1) is 5.92 Å². The van der Waals surface area contributed by atoms with Crippen molar-refractivity contribution in [1.82, 2.24) is 0 Å². The molecule has 2 unspecified atom stereocenters. The highest BCUT2D eigenvalue weighted by atomic mass is 16.5. The van der Waals surface area contributed by atoms with Gasteiger partial charge in [-0.1, -0.05) is 54.6 Å². The van der Waals surface area contributed by atoms with Crippen molar-refractivity contribution in [2.24, 2.45) is 5.92 Å². The van der Waals surface area contributed by atoms with Crippen LogP contribution in [0.2, 0.25) is 0 Å². The van der Waals surface area contributed by atoms with E-state index in [0.717, 1.165) is 42.4 Å². The fraction of sp³-hybridized carbons (Fsp3) is 0.387. The number of carboxylic acid groups (broad SMARTS) is 1. The van der Waals surface area contributed by atoms with Crippen molar-refractivity contribution in [3.8, 4) is 17.2 Å². The van der Waals surface area contributed by atoms with Crippen LogP contribution in [0.4, 0.5) is 0 Å². The van der Waals surface area contributed by atoms with Crippen LogP contribution in [0.3, 0.4) is 0 Å². The number of ether oxygens (including phenoxy) is 3. The van der Waals surface area contributed by atoms with E-state index in [0.29, 0.717) is 30.1 Å². The van der Waals surface area contributed by atoms with Gasteiger partial charge >= 0.3 is 5.97 Å². The second-order valence-corrected chi connectivity index (χ2v) is 9.31. The summed E-state index contributed by atoms with van der Waals surface area (Å²) in [5.74, 6) is 0.745. The van der Waals surface area contributed by atoms with Crippen LogP contribution in [0.1, 0.15) is 54.0 Å². The first kappa shape index (κ1) is 28.1. The molecule has 0 radical (unpaired) electrons. The van der Waals surface area contributed by atoms with Gasteiger partial charge < -0.3 is 24.4 Å². The van der Waals surface area contributed by atoms with Gasteiger partial charge in [-0.3, -0.25) is 4.79 Å². The highest BCUT2D eigenvalue weighted by Gasteiger charge is 2.25. The highest BCUT2D eigenvalue weighted by Crippen LogP contribution is 2.42. The number of carboxylic acids is 1. The van der Waals surface area contributed by atoms with E-state index in [9.17, 15) is 9.90 Å². The van der Waals surface area contributed by atoms with Gasteiger partial charge in [-0.2, -0.15) is 0 Å². The fourth-order valence-corrected chi connectivity index (χ4v) is 4.72. The molecule has 3 aromatic carbocycles. The molecular formula is C31H38O6. The number of aliphatic hydroxyl groups is 1. The van der Waals surface area contributed by atoms with Crippen LogP contribution >= 0.6 is 0 Å². The summed E-state index contributed by atoms with van der Waals surface area (Å²) in [5, 5.41) is 20.4. The van der Waals surface area contributed by atoms with Crippen molar-refractivity contribution in [3.63, 3.8) is 0 Å². The van der Waals surface area contributed by atoms with Gasteiger partial charge in [0.1, 0.15) is 0 Å². The molecule has 2 atom stereocenters. The van der Waals surface area contributed by atoms with Gasteiger partial charge in [0, 0.05) is 6.42 Å². The Hall–Kier alpha value is -3.51. The first-order chi connectivity index (χ1) is 17.9. The molecule has 37 heavy (non-hydrogen) atoms. The third kappa shape index (κ3) is 8.25. The standard InChI is InChI=1S/C31H38O6/c1-35-27-20-26(21-28(36-2)31(27)37-3)30(34)25(13-7-11-22-9-5-4-6-10-22)19-24-17-15-23(16-18-24)12-8-14-29(32)33/h4-6,9-10,15-18,20-21,25,30,34H,7-8,11-14,19H2,1-3H3,(H,32,33). The molecule has 3 aromatic rings. The zero-order valence-electron chi connectivity index (χ0n) is 22.0. The third-order valence-electron chi connectivity index (χ3n) is 6.74. The minimum atomic E-state index is -0.768. The number of hydrogen-bond donors (Lipinski definition) is 2. The Kier molecular flexibility index (Phi) is 10.8. The van der Waals surface area contributed by atoms with E-state index in [2.05, 4.69) is 48.5 Å². The normalized spacial score (nSPS) is 12.5. The average molecular weight is 507 g/mol. The van der Waals surface area contributed by atoms with E-state index in [1.807, 2.05) is 18.2 Å². The number of methoxy groups -OCH3 is 3. The smallest absolute Gasteiger partial charge is 0.303 e. The van der Waals surface area contributed by atoms with Gasteiger partial charge in [0.05, 0.1) is 27.4 Å². The number of benzene rings is 3. The Morgan fingerprint density at radius 2 is 1.35 bits per heavy atom. The van der Waals surface area contributed by atoms with Crippen LogP contribution in [0.5, 0.6) is 17.2 Å². The molecule has 0 bridgehead atoms. The summed E-state index contributed by atoms with van der Waals surface area (Å²) in [6.45, 7) is 0. The van der Waals surface area contributed by atoms with E-state index in [-0.39, 0.29) is 12.3 Å². The zero-order valence-corrected chi connectivity index (χ0v) is 22.0. The third-order valence-corrected chi connectivity index (χ3v) is 6.74. The minimum absolute atomic E-state index is 0.0237. The van der Waals surface area contributed by atoms with Crippen LogP contribution in [-0.2, 0) is 24.1 Å². The summed E-state index contributed by atoms with van der Waals surface area (Å²) in [5.41, 5.74) is 4.27. The second-order valence-electron chi connectivity index (χ2n) is 9.31. The fourth-order valence-electron chi connectivity index (χ4n) is 4.72. The summed E-state index contributed by atoms with van der Waals surface area (Å²) in [7, 11) is 4.71. The molecule has 0 aliphatic heterocycles. The lowest BCUT2D eigenvalue weighted by Crippen LogP contribution is -2.16. The molecule has 0 aliphatic carbocycles. The van der Waals surface area contributed by atoms with Crippen molar-refractivity contribution in [1.29, 1.82) is 0 Å². The maximum absolute atomic E-state index is 11.6. The first-order valence-electron chi connectivity index (χ1n) is 12.8. The molecule has 0 saturated carbocycles. The number of aliphatic carboxylic acids is 1. The van der Waals surface area contributed by atoms with E-state index in [4.69, 9.17) is 19.3 Å². The number of carbonyl (C=O) groups is 1. The lowest BCUT2D eigenvalue weighted by Gasteiger charge is -2.25. The molecule has 0 aliphatic rings. The SMILES string of the molecule is COc1cc(C(O)C(CCCc2ccccc2)Cc2ccc(CCCC(=O)O)cc2)cc(OC)c1OC. The summed E-state index contributed by atoms with van der Waals surface area (Å²) in [6.07, 6.45) is 4.25. The zero-order chi connectivity index (χ0) is 26.6. The topological polar surface area (TPSA) is 85.2 Å². The Morgan fingerprint density at radius 1 is 0.784 bits per heavy atom. The predicted octanol–water partition coefficient (Wildman–Crippen LogP) is 6.03. The first-order valence-corrected chi connectivity index (χ1v) is 12.8. The molecule has 0 aromatic heterocycles. The molecular weight excluding hydrogens is 468 g/mol.